The van der Waals surface area contributed by atoms with Gasteiger partial charge >= 0.3 is 5.69 Å². The zero-order valence-electron chi connectivity index (χ0n) is 9.71. The van der Waals surface area contributed by atoms with E-state index in [-0.39, 0.29) is 24.3 Å². The molecule has 7 heteroatoms. The van der Waals surface area contributed by atoms with E-state index in [1.165, 1.54) is 10.7 Å². The van der Waals surface area contributed by atoms with E-state index in [4.69, 9.17) is 0 Å². The molecule has 0 bridgehead atoms. The Morgan fingerprint density at radius 2 is 2.35 bits per heavy atom. The minimum atomic E-state index is -0.318. The van der Waals surface area contributed by atoms with E-state index in [0.717, 1.165) is 0 Å². The molecule has 0 aromatic carbocycles. The van der Waals surface area contributed by atoms with E-state index in [1.54, 1.807) is 6.07 Å². The van der Waals surface area contributed by atoms with Crippen LogP contribution in [0.25, 0.3) is 5.65 Å². The summed E-state index contributed by atoms with van der Waals surface area (Å²) in [5, 5.41) is 18.5. The second kappa shape index (κ2) is 4.54. The molecule has 0 unspecified atom stereocenters. The smallest absolute Gasteiger partial charge is 0.348 e. The lowest BCUT2D eigenvalue weighted by Crippen LogP contribution is -2.29. The van der Waals surface area contributed by atoms with Gasteiger partial charge in [-0.3, -0.25) is 0 Å². The number of fused-ring (bicyclic) bond motifs is 1. The third kappa shape index (κ3) is 2.28. The first-order chi connectivity index (χ1) is 8.11. The summed E-state index contributed by atoms with van der Waals surface area (Å²) >= 11 is 0. The normalized spacial score (nSPS) is 13.2. The maximum atomic E-state index is 11.2. The molecule has 92 valence electrons. The van der Waals surface area contributed by atoms with Crippen LogP contribution in [0, 0.1) is 5.92 Å². The standard InChI is InChI=1S/C10H15N5O2/c1-6(2)7(4-16)12-8-3-9-13-14-10(17)15(9)5-11-8/h3,5-7,12,16H,4H2,1-2H3,(H,14,17)/t7-/m1/s1. The van der Waals surface area contributed by atoms with Crippen molar-refractivity contribution in [2.24, 2.45) is 5.92 Å². The monoisotopic (exact) mass is 237 g/mol. The molecule has 0 aliphatic heterocycles. The highest BCUT2D eigenvalue weighted by Gasteiger charge is 2.12. The lowest BCUT2D eigenvalue weighted by molar-refractivity contribution is 0.249. The molecule has 0 aliphatic carbocycles. The van der Waals surface area contributed by atoms with Gasteiger partial charge in [-0.2, -0.15) is 5.10 Å². The Labute approximate surface area is 97.5 Å². The van der Waals surface area contributed by atoms with Gasteiger partial charge in [-0.25, -0.2) is 19.3 Å². The number of hydrogen-bond donors (Lipinski definition) is 3. The fourth-order valence-corrected chi connectivity index (χ4v) is 1.50. The molecule has 0 saturated heterocycles. The topological polar surface area (TPSA) is 95.3 Å². The Morgan fingerprint density at radius 1 is 1.59 bits per heavy atom. The van der Waals surface area contributed by atoms with Crippen LogP contribution >= 0.6 is 0 Å². The van der Waals surface area contributed by atoms with E-state index >= 15 is 0 Å². The van der Waals surface area contributed by atoms with Gasteiger partial charge in [0.15, 0.2) is 5.65 Å². The van der Waals surface area contributed by atoms with Gasteiger partial charge < -0.3 is 10.4 Å². The van der Waals surface area contributed by atoms with E-state index in [9.17, 15) is 9.90 Å². The number of nitrogens with one attached hydrogen (secondary N) is 2. The lowest BCUT2D eigenvalue weighted by Gasteiger charge is -2.20. The Bertz CT molecular complexity index is 559. The number of aliphatic hydroxyl groups excluding tert-OH is 1. The molecule has 0 aliphatic rings. The summed E-state index contributed by atoms with van der Waals surface area (Å²) in [6, 6.07) is 1.58. The van der Waals surface area contributed by atoms with Crippen LogP contribution in [0.15, 0.2) is 17.2 Å². The average Bonchev–Trinajstić information content (AvgIpc) is 2.67. The van der Waals surface area contributed by atoms with Gasteiger partial charge in [0.1, 0.15) is 12.1 Å². The first-order valence-corrected chi connectivity index (χ1v) is 5.42. The molecule has 2 rings (SSSR count). The Balaban J connectivity index is 2.27. The molecule has 17 heavy (non-hydrogen) atoms. The van der Waals surface area contributed by atoms with Crippen molar-refractivity contribution in [3.05, 3.63) is 22.9 Å². The maximum Gasteiger partial charge on any atom is 0.348 e. The summed E-state index contributed by atoms with van der Waals surface area (Å²) in [7, 11) is 0. The second-order valence-electron chi connectivity index (χ2n) is 4.21. The van der Waals surface area contributed by atoms with Gasteiger partial charge in [0.05, 0.1) is 12.6 Å². The second-order valence-corrected chi connectivity index (χ2v) is 4.21. The van der Waals surface area contributed by atoms with Crippen molar-refractivity contribution in [3.8, 4) is 0 Å². The van der Waals surface area contributed by atoms with Gasteiger partial charge in [-0.15, -0.1) is 0 Å². The maximum absolute atomic E-state index is 11.2. The number of aliphatic hydroxyl groups is 1. The van der Waals surface area contributed by atoms with Crippen molar-refractivity contribution in [2.45, 2.75) is 19.9 Å². The third-order valence-electron chi connectivity index (χ3n) is 2.64. The van der Waals surface area contributed by atoms with Crippen molar-refractivity contribution in [1.29, 1.82) is 0 Å². The quantitative estimate of drug-likeness (QED) is 0.687. The molecule has 2 heterocycles. The van der Waals surface area contributed by atoms with Gasteiger partial charge in [0.25, 0.3) is 0 Å². The molecule has 2 aromatic heterocycles. The molecule has 0 spiro atoms. The summed E-state index contributed by atoms with van der Waals surface area (Å²) in [4.78, 5) is 15.3. The summed E-state index contributed by atoms with van der Waals surface area (Å²) in [6.07, 6.45) is 1.40. The van der Waals surface area contributed by atoms with Gasteiger partial charge in [-0.1, -0.05) is 13.8 Å². The molecule has 0 amide bonds. The largest absolute Gasteiger partial charge is 0.394 e. The van der Waals surface area contributed by atoms with Crippen molar-refractivity contribution in [1.82, 2.24) is 19.6 Å². The van der Waals surface area contributed by atoms with Gasteiger partial charge in [0.2, 0.25) is 0 Å². The van der Waals surface area contributed by atoms with Crippen LogP contribution in [0.1, 0.15) is 13.8 Å². The van der Waals surface area contributed by atoms with E-state index in [1.807, 2.05) is 13.8 Å². The van der Waals surface area contributed by atoms with Crippen LogP contribution in [0.2, 0.25) is 0 Å². The minimum Gasteiger partial charge on any atom is -0.394 e. The minimum absolute atomic E-state index is 0.0257. The Morgan fingerprint density at radius 3 is 3.00 bits per heavy atom. The number of hydrogen-bond acceptors (Lipinski definition) is 5. The third-order valence-corrected chi connectivity index (χ3v) is 2.64. The van der Waals surface area contributed by atoms with Crippen molar-refractivity contribution in [2.75, 3.05) is 11.9 Å². The van der Waals surface area contributed by atoms with Crippen LogP contribution in [0.4, 0.5) is 5.82 Å². The molecule has 3 N–H and O–H groups in total. The molecule has 0 saturated carbocycles. The van der Waals surface area contributed by atoms with Crippen LogP contribution in [-0.4, -0.2) is 37.3 Å². The summed E-state index contributed by atoms with van der Waals surface area (Å²) in [5.41, 5.74) is 0.176. The predicted molar refractivity (Wildman–Crippen MR) is 62.9 cm³/mol. The Hall–Kier alpha value is -1.89. The van der Waals surface area contributed by atoms with Crippen LogP contribution in [0.5, 0.6) is 0 Å². The average molecular weight is 237 g/mol. The Kier molecular flexibility index (Phi) is 3.10. The number of nitrogens with zero attached hydrogens (tertiary/aromatic N) is 3. The number of H-pyrrole nitrogens is 1. The fourth-order valence-electron chi connectivity index (χ4n) is 1.50. The number of rotatable bonds is 4. The van der Waals surface area contributed by atoms with E-state index in [0.29, 0.717) is 11.5 Å². The van der Waals surface area contributed by atoms with Crippen molar-refractivity contribution < 1.29 is 5.11 Å². The van der Waals surface area contributed by atoms with Crippen LogP contribution in [-0.2, 0) is 0 Å². The molecule has 1 atom stereocenters. The zero-order chi connectivity index (χ0) is 12.4. The SMILES string of the molecule is CC(C)[C@@H](CO)Nc1cc2n[nH]c(=O)n2cn1. The summed E-state index contributed by atoms with van der Waals surface area (Å²) in [6.45, 7) is 4.04. The molecule has 7 nitrogen and oxygen atoms in total. The number of aromatic nitrogens is 4. The van der Waals surface area contributed by atoms with Crippen molar-refractivity contribution >= 4 is 11.5 Å². The molecule has 0 fully saturated rings. The molecule has 2 aromatic rings. The highest BCUT2D eigenvalue weighted by Crippen LogP contribution is 2.10. The molecule has 0 radical (unpaired) electrons. The van der Waals surface area contributed by atoms with Crippen LogP contribution in [0.3, 0.4) is 0 Å². The summed E-state index contributed by atoms with van der Waals surface area (Å²) in [5.74, 6) is 0.864. The van der Waals surface area contributed by atoms with E-state index in [2.05, 4.69) is 20.5 Å². The highest BCUT2D eigenvalue weighted by molar-refractivity contribution is 5.48. The van der Waals surface area contributed by atoms with Crippen LogP contribution < -0.4 is 11.0 Å². The number of aromatic amines is 1. The zero-order valence-corrected chi connectivity index (χ0v) is 9.71. The molecular weight excluding hydrogens is 222 g/mol. The first-order valence-electron chi connectivity index (χ1n) is 5.42. The lowest BCUT2D eigenvalue weighted by atomic mass is 10.1. The fraction of sp³-hybridized carbons (Fsp3) is 0.500. The highest BCUT2D eigenvalue weighted by atomic mass is 16.3. The number of anilines is 1. The van der Waals surface area contributed by atoms with E-state index < -0.39 is 0 Å². The first kappa shape index (κ1) is 11.6. The van der Waals surface area contributed by atoms with Gasteiger partial charge in [0, 0.05) is 6.07 Å². The van der Waals surface area contributed by atoms with Crippen molar-refractivity contribution in [3.63, 3.8) is 0 Å². The molecular formula is C10H15N5O2. The van der Waals surface area contributed by atoms with Gasteiger partial charge in [-0.05, 0) is 5.92 Å². The predicted octanol–water partition coefficient (Wildman–Crippen LogP) is -0.154. The summed E-state index contributed by atoms with van der Waals surface area (Å²) < 4.78 is 1.31.